The third-order valence-corrected chi connectivity index (χ3v) is 4.68. The van der Waals surface area contributed by atoms with Crippen molar-refractivity contribution in [2.45, 2.75) is 25.9 Å². The summed E-state index contributed by atoms with van der Waals surface area (Å²) in [5.74, 6) is 0.204. The van der Waals surface area contributed by atoms with Crippen LogP contribution in [0.3, 0.4) is 0 Å². The molecular weight excluding hydrogens is 300 g/mol. The molecule has 24 heavy (non-hydrogen) atoms. The molecule has 1 atom stereocenters. The Morgan fingerprint density at radius 3 is 2.50 bits per heavy atom. The lowest BCUT2D eigenvalue weighted by Crippen LogP contribution is -2.42. The fraction of sp³-hybridized carbons (Fsp3) is 0.350. The topological polar surface area (TPSA) is 52.6 Å². The van der Waals surface area contributed by atoms with Gasteiger partial charge in [-0.15, -0.1) is 0 Å². The van der Waals surface area contributed by atoms with Gasteiger partial charge >= 0.3 is 6.03 Å². The minimum Gasteiger partial charge on any atom is -0.388 e. The molecule has 4 heteroatoms. The normalized spacial score (nSPS) is 16.7. The Morgan fingerprint density at radius 2 is 1.83 bits per heavy atom. The Hall–Kier alpha value is -2.33. The van der Waals surface area contributed by atoms with Crippen molar-refractivity contribution < 1.29 is 9.90 Å². The molecule has 2 N–H and O–H groups in total. The summed E-state index contributed by atoms with van der Waals surface area (Å²) in [5.41, 5.74) is 2.91. The number of aliphatic hydroxyl groups is 1. The Balaban J connectivity index is 1.54. The van der Waals surface area contributed by atoms with Crippen LogP contribution in [0.5, 0.6) is 0 Å². The summed E-state index contributed by atoms with van der Waals surface area (Å²) in [7, 11) is 0. The molecule has 0 bridgehead atoms. The summed E-state index contributed by atoms with van der Waals surface area (Å²) in [4.78, 5) is 14.2. The zero-order valence-corrected chi connectivity index (χ0v) is 14.0. The number of rotatable bonds is 3. The minimum atomic E-state index is -0.451. The largest absolute Gasteiger partial charge is 0.388 e. The third-order valence-electron chi connectivity index (χ3n) is 4.68. The maximum atomic E-state index is 12.4. The molecule has 2 aromatic carbocycles. The number of aryl methyl sites for hydroxylation is 1. The molecule has 0 spiro atoms. The fourth-order valence-corrected chi connectivity index (χ4v) is 3.27. The summed E-state index contributed by atoms with van der Waals surface area (Å²) in [6, 6.07) is 17.5. The van der Waals surface area contributed by atoms with E-state index in [2.05, 4.69) is 5.32 Å². The number of aliphatic hydroxyl groups excluding tert-OH is 1. The monoisotopic (exact) mass is 324 g/mol. The van der Waals surface area contributed by atoms with Gasteiger partial charge in [-0.2, -0.15) is 0 Å². The van der Waals surface area contributed by atoms with Crippen molar-refractivity contribution in [3.05, 3.63) is 65.7 Å². The SMILES string of the molecule is Cc1cccc(NC(=O)N2CCC(C(O)c3ccccc3)CC2)c1. The molecule has 0 saturated carbocycles. The van der Waals surface area contributed by atoms with Crippen molar-refractivity contribution in [2.75, 3.05) is 18.4 Å². The van der Waals surface area contributed by atoms with E-state index in [1.165, 1.54) is 0 Å². The zero-order chi connectivity index (χ0) is 16.9. The molecule has 1 aliphatic rings. The molecule has 2 amide bonds. The molecule has 0 aliphatic carbocycles. The highest BCUT2D eigenvalue weighted by Gasteiger charge is 2.28. The van der Waals surface area contributed by atoms with Crippen molar-refractivity contribution in [2.24, 2.45) is 5.92 Å². The Morgan fingerprint density at radius 1 is 1.12 bits per heavy atom. The zero-order valence-electron chi connectivity index (χ0n) is 14.0. The van der Waals surface area contributed by atoms with Gasteiger partial charge in [-0.1, -0.05) is 42.5 Å². The summed E-state index contributed by atoms with van der Waals surface area (Å²) >= 11 is 0. The van der Waals surface area contributed by atoms with Gasteiger partial charge in [0.1, 0.15) is 0 Å². The van der Waals surface area contributed by atoms with Crippen LogP contribution in [0.4, 0.5) is 10.5 Å². The average molecular weight is 324 g/mol. The van der Waals surface area contributed by atoms with Gasteiger partial charge in [0.05, 0.1) is 6.10 Å². The highest BCUT2D eigenvalue weighted by molar-refractivity contribution is 5.89. The van der Waals surface area contributed by atoms with Gasteiger partial charge in [0.15, 0.2) is 0 Å². The van der Waals surface area contributed by atoms with Crippen LogP contribution in [-0.2, 0) is 0 Å². The van der Waals surface area contributed by atoms with E-state index in [0.29, 0.717) is 13.1 Å². The first-order chi connectivity index (χ1) is 11.6. The number of likely N-dealkylation sites (tertiary alicyclic amines) is 1. The van der Waals surface area contributed by atoms with Crippen molar-refractivity contribution in [1.82, 2.24) is 4.90 Å². The Bertz CT molecular complexity index is 679. The van der Waals surface area contributed by atoms with Crippen molar-refractivity contribution in [1.29, 1.82) is 0 Å². The van der Waals surface area contributed by atoms with Crippen LogP contribution >= 0.6 is 0 Å². The molecule has 1 heterocycles. The first-order valence-electron chi connectivity index (χ1n) is 8.49. The number of nitrogens with one attached hydrogen (secondary N) is 1. The van der Waals surface area contributed by atoms with E-state index in [1.54, 1.807) is 0 Å². The number of piperidine rings is 1. The van der Waals surface area contributed by atoms with Crippen molar-refractivity contribution in [3.63, 3.8) is 0 Å². The molecule has 4 nitrogen and oxygen atoms in total. The van der Waals surface area contributed by atoms with Crippen LogP contribution in [0, 0.1) is 12.8 Å². The van der Waals surface area contributed by atoms with Crippen LogP contribution in [-0.4, -0.2) is 29.1 Å². The molecule has 1 fully saturated rings. The number of anilines is 1. The summed E-state index contributed by atoms with van der Waals surface area (Å²) in [5, 5.41) is 13.5. The van der Waals surface area contributed by atoms with E-state index in [9.17, 15) is 9.90 Å². The van der Waals surface area contributed by atoms with Crippen LogP contribution in [0.25, 0.3) is 0 Å². The summed E-state index contributed by atoms with van der Waals surface area (Å²) in [6.07, 6.45) is 1.18. The lowest BCUT2D eigenvalue weighted by molar-refractivity contribution is 0.0683. The van der Waals surface area contributed by atoms with Gasteiger partial charge in [0.2, 0.25) is 0 Å². The second-order valence-electron chi connectivity index (χ2n) is 6.48. The Labute approximate surface area is 143 Å². The number of urea groups is 1. The average Bonchev–Trinajstić information content (AvgIpc) is 2.62. The highest BCUT2D eigenvalue weighted by Crippen LogP contribution is 2.30. The second-order valence-corrected chi connectivity index (χ2v) is 6.48. The number of benzene rings is 2. The smallest absolute Gasteiger partial charge is 0.321 e. The van der Waals surface area contributed by atoms with E-state index in [4.69, 9.17) is 0 Å². The molecule has 126 valence electrons. The molecule has 0 radical (unpaired) electrons. The van der Waals surface area contributed by atoms with Crippen molar-refractivity contribution in [3.8, 4) is 0 Å². The minimum absolute atomic E-state index is 0.0618. The molecule has 3 rings (SSSR count). The van der Waals surface area contributed by atoms with E-state index in [0.717, 1.165) is 29.7 Å². The number of hydrogen-bond donors (Lipinski definition) is 2. The van der Waals surface area contributed by atoms with Crippen molar-refractivity contribution >= 4 is 11.7 Å². The van der Waals surface area contributed by atoms with E-state index >= 15 is 0 Å². The lowest BCUT2D eigenvalue weighted by Gasteiger charge is -2.34. The van der Waals surface area contributed by atoms with Gasteiger partial charge < -0.3 is 15.3 Å². The van der Waals surface area contributed by atoms with Gasteiger partial charge in [-0.05, 0) is 48.9 Å². The molecule has 0 aromatic heterocycles. The maximum absolute atomic E-state index is 12.4. The van der Waals surface area contributed by atoms with Gasteiger partial charge in [0, 0.05) is 18.8 Å². The molecule has 1 unspecified atom stereocenters. The number of carbonyl (C=O) groups is 1. The third kappa shape index (κ3) is 3.95. The van der Waals surface area contributed by atoms with Crippen LogP contribution < -0.4 is 5.32 Å². The molecule has 1 saturated heterocycles. The Kier molecular flexibility index (Phi) is 5.16. The van der Waals surface area contributed by atoms with Gasteiger partial charge in [-0.3, -0.25) is 0 Å². The highest BCUT2D eigenvalue weighted by atomic mass is 16.3. The molecule has 2 aromatic rings. The van der Waals surface area contributed by atoms with E-state index < -0.39 is 6.10 Å². The van der Waals surface area contributed by atoms with Crippen LogP contribution in [0.1, 0.15) is 30.1 Å². The molecule has 1 aliphatic heterocycles. The maximum Gasteiger partial charge on any atom is 0.321 e. The van der Waals surface area contributed by atoms with E-state index in [1.807, 2.05) is 66.4 Å². The van der Waals surface area contributed by atoms with E-state index in [-0.39, 0.29) is 11.9 Å². The first-order valence-corrected chi connectivity index (χ1v) is 8.49. The summed E-state index contributed by atoms with van der Waals surface area (Å²) < 4.78 is 0. The fourth-order valence-electron chi connectivity index (χ4n) is 3.27. The standard InChI is InChI=1S/C20H24N2O2/c1-15-6-5-9-18(14-15)21-20(24)22-12-10-17(11-13-22)19(23)16-7-3-2-4-8-16/h2-9,14,17,19,23H,10-13H2,1H3,(H,21,24). The predicted octanol–water partition coefficient (Wildman–Crippen LogP) is 3.97. The second kappa shape index (κ2) is 7.49. The lowest BCUT2D eigenvalue weighted by atomic mass is 9.87. The number of hydrogen-bond acceptors (Lipinski definition) is 2. The predicted molar refractivity (Wildman–Crippen MR) is 95.9 cm³/mol. The first kappa shape index (κ1) is 16.5. The molecular formula is C20H24N2O2. The van der Waals surface area contributed by atoms with Gasteiger partial charge in [0.25, 0.3) is 0 Å². The quantitative estimate of drug-likeness (QED) is 0.897. The summed E-state index contributed by atoms with van der Waals surface area (Å²) in [6.45, 7) is 3.35. The number of amides is 2. The van der Waals surface area contributed by atoms with Crippen LogP contribution in [0.2, 0.25) is 0 Å². The number of carbonyl (C=O) groups excluding carboxylic acids is 1. The van der Waals surface area contributed by atoms with Crippen LogP contribution in [0.15, 0.2) is 54.6 Å². The number of nitrogens with zero attached hydrogens (tertiary/aromatic N) is 1. The van der Waals surface area contributed by atoms with Gasteiger partial charge in [-0.25, -0.2) is 4.79 Å².